The second-order valence-corrected chi connectivity index (χ2v) is 6.85. The molecule has 0 unspecified atom stereocenters. The lowest BCUT2D eigenvalue weighted by Gasteiger charge is -2.17. The van der Waals surface area contributed by atoms with E-state index in [1.807, 2.05) is 60.7 Å². The van der Waals surface area contributed by atoms with Crippen molar-refractivity contribution in [1.82, 2.24) is 4.90 Å². The Labute approximate surface area is 154 Å². The molecule has 0 spiro atoms. The van der Waals surface area contributed by atoms with Crippen molar-refractivity contribution in [2.45, 2.75) is 18.2 Å². The van der Waals surface area contributed by atoms with Crippen LogP contribution in [0.2, 0.25) is 0 Å². The summed E-state index contributed by atoms with van der Waals surface area (Å²) >= 11 is 1.63. The predicted molar refractivity (Wildman–Crippen MR) is 106 cm³/mol. The summed E-state index contributed by atoms with van der Waals surface area (Å²) in [5, 5.41) is 2.98. The number of carbonyl (C=O) groups excluding carboxylic acids is 1. The molecule has 0 fully saturated rings. The van der Waals surface area contributed by atoms with Crippen molar-refractivity contribution in [2.24, 2.45) is 0 Å². The van der Waals surface area contributed by atoms with Gasteiger partial charge in [-0.2, -0.15) is 0 Å². The lowest BCUT2D eigenvalue weighted by atomic mass is 10.2. The minimum Gasteiger partial charge on any atom is -0.494 e. The van der Waals surface area contributed by atoms with Crippen molar-refractivity contribution >= 4 is 23.4 Å². The van der Waals surface area contributed by atoms with Gasteiger partial charge in [-0.3, -0.25) is 9.69 Å². The van der Waals surface area contributed by atoms with E-state index in [2.05, 4.69) is 18.3 Å². The Bertz CT molecular complexity index is 691. The topological polar surface area (TPSA) is 41.6 Å². The minimum atomic E-state index is 0.00334. The molecule has 0 atom stereocenters. The first-order valence-corrected chi connectivity index (χ1v) is 9.62. The van der Waals surface area contributed by atoms with Crippen LogP contribution in [0.3, 0.4) is 0 Å². The van der Waals surface area contributed by atoms with Gasteiger partial charge >= 0.3 is 0 Å². The summed E-state index contributed by atoms with van der Waals surface area (Å²) in [6.07, 6.45) is 2.88. The van der Waals surface area contributed by atoms with Gasteiger partial charge in [0.15, 0.2) is 0 Å². The van der Waals surface area contributed by atoms with E-state index >= 15 is 0 Å². The summed E-state index contributed by atoms with van der Waals surface area (Å²) in [6, 6.07) is 15.9. The summed E-state index contributed by atoms with van der Waals surface area (Å²) in [5.41, 5.74) is 2.06. The molecule has 0 aliphatic rings. The summed E-state index contributed by atoms with van der Waals surface area (Å²) in [7, 11) is 1.95. The molecule has 5 heteroatoms. The number of ether oxygens (including phenoxy) is 1. The third-order valence-electron chi connectivity index (χ3n) is 3.74. The standard InChI is InChI=1S/C20H26N2O2S/c1-16-8-6-9-17(14-16)24-13-7-12-22(2)15-20(23)21-18-10-4-5-11-19(18)25-3/h4-6,8-11,14H,7,12-13,15H2,1-3H3,(H,21,23). The zero-order chi connectivity index (χ0) is 18.1. The second kappa shape index (κ2) is 10.1. The quantitative estimate of drug-likeness (QED) is 0.542. The highest BCUT2D eigenvalue weighted by Crippen LogP contribution is 2.24. The molecule has 0 aliphatic carbocycles. The Balaban J connectivity index is 1.69. The number of likely N-dealkylation sites (N-methyl/N-ethyl adjacent to an activating group) is 1. The zero-order valence-electron chi connectivity index (χ0n) is 15.1. The highest BCUT2D eigenvalue weighted by atomic mass is 32.2. The molecule has 1 amide bonds. The van der Waals surface area contributed by atoms with E-state index in [0.29, 0.717) is 13.2 Å². The van der Waals surface area contributed by atoms with Crippen LogP contribution in [0.4, 0.5) is 5.69 Å². The first kappa shape index (κ1) is 19.3. The van der Waals surface area contributed by atoms with Gasteiger partial charge in [0.1, 0.15) is 5.75 Å². The number of nitrogens with one attached hydrogen (secondary N) is 1. The summed E-state index contributed by atoms with van der Waals surface area (Å²) in [5.74, 6) is 0.901. The Morgan fingerprint density at radius 3 is 2.76 bits per heavy atom. The summed E-state index contributed by atoms with van der Waals surface area (Å²) in [6.45, 7) is 3.87. The Morgan fingerprint density at radius 1 is 1.20 bits per heavy atom. The van der Waals surface area contributed by atoms with Crippen LogP contribution >= 0.6 is 11.8 Å². The highest BCUT2D eigenvalue weighted by molar-refractivity contribution is 7.98. The predicted octanol–water partition coefficient (Wildman–Crippen LogP) is 4.06. The van der Waals surface area contributed by atoms with Crippen molar-refractivity contribution < 1.29 is 9.53 Å². The van der Waals surface area contributed by atoms with Gasteiger partial charge in [-0.1, -0.05) is 24.3 Å². The smallest absolute Gasteiger partial charge is 0.238 e. The number of benzene rings is 2. The third-order valence-corrected chi connectivity index (χ3v) is 4.53. The lowest BCUT2D eigenvalue weighted by molar-refractivity contribution is -0.117. The van der Waals surface area contributed by atoms with Crippen LogP contribution in [0.15, 0.2) is 53.4 Å². The summed E-state index contributed by atoms with van der Waals surface area (Å²) < 4.78 is 5.74. The number of hydrogen-bond donors (Lipinski definition) is 1. The van der Waals surface area contributed by atoms with E-state index in [4.69, 9.17) is 4.74 Å². The van der Waals surface area contributed by atoms with Crippen LogP contribution in [0, 0.1) is 6.92 Å². The fraction of sp³-hybridized carbons (Fsp3) is 0.350. The van der Waals surface area contributed by atoms with E-state index in [1.54, 1.807) is 11.8 Å². The van der Waals surface area contributed by atoms with E-state index in [0.717, 1.165) is 29.3 Å². The number of rotatable bonds is 9. The van der Waals surface area contributed by atoms with E-state index < -0.39 is 0 Å². The second-order valence-electron chi connectivity index (χ2n) is 6.00. The molecule has 2 aromatic carbocycles. The summed E-state index contributed by atoms with van der Waals surface area (Å²) in [4.78, 5) is 15.3. The van der Waals surface area contributed by atoms with Gasteiger partial charge in [-0.25, -0.2) is 0 Å². The van der Waals surface area contributed by atoms with Crippen molar-refractivity contribution in [3.8, 4) is 5.75 Å². The molecule has 2 rings (SSSR count). The molecular formula is C20H26N2O2S. The minimum absolute atomic E-state index is 0.00334. The Morgan fingerprint density at radius 2 is 2.00 bits per heavy atom. The fourth-order valence-corrected chi connectivity index (χ4v) is 3.05. The van der Waals surface area contributed by atoms with Gasteiger partial charge in [0.25, 0.3) is 0 Å². The monoisotopic (exact) mass is 358 g/mol. The molecule has 0 bridgehead atoms. The average molecular weight is 359 g/mol. The normalized spacial score (nSPS) is 10.7. The van der Waals surface area contributed by atoms with Gasteiger partial charge in [0.2, 0.25) is 5.91 Å². The largest absolute Gasteiger partial charge is 0.494 e. The molecule has 0 saturated carbocycles. The maximum atomic E-state index is 12.2. The van der Waals surface area contributed by atoms with E-state index in [9.17, 15) is 4.79 Å². The van der Waals surface area contributed by atoms with Crippen molar-refractivity contribution in [3.05, 3.63) is 54.1 Å². The number of amides is 1. The van der Waals surface area contributed by atoms with Gasteiger partial charge in [0.05, 0.1) is 18.8 Å². The molecule has 1 N–H and O–H groups in total. The first-order chi connectivity index (χ1) is 12.1. The van der Waals surface area contributed by atoms with Crippen molar-refractivity contribution in [1.29, 1.82) is 0 Å². The Kier molecular flexibility index (Phi) is 7.82. The molecule has 0 aliphatic heterocycles. The molecule has 4 nitrogen and oxygen atoms in total. The number of thioether (sulfide) groups is 1. The van der Waals surface area contributed by atoms with Gasteiger partial charge in [-0.15, -0.1) is 11.8 Å². The number of hydrogen-bond acceptors (Lipinski definition) is 4. The fourth-order valence-electron chi connectivity index (χ4n) is 2.49. The van der Waals surface area contributed by atoms with Gasteiger partial charge < -0.3 is 10.1 Å². The molecule has 0 saturated heterocycles. The number of nitrogens with zero attached hydrogens (tertiary/aromatic N) is 1. The third kappa shape index (κ3) is 6.80. The Hall–Kier alpha value is -1.98. The van der Waals surface area contributed by atoms with Crippen molar-refractivity contribution in [2.75, 3.05) is 38.3 Å². The SMILES string of the molecule is CSc1ccccc1NC(=O)CN(C)CCCOc1cccc(C)c1. The number of anilines is 1. The molecule has 2 aromatic rings. The molecule has 25 heavy (non-hydrogen) atoms. The molecule has 0 heterocycles. The zero-order valence-corrected chi connectivity index (χ0v) is 15.9. The van der Waals surface area contributed by atoms with Crippen molar-refractivity contribution in [3.63, 3.8) is 0 Å². The average Bonchev–Trinajstić information content (AvgIpc) is 2.59. The van der Waals surface area contributed by atoms with Crippen LogP contribution in [0.5, 0.6) is 5.75 Å². The van der Waals surface area contributed by atoms with Crippen LogP contribution in [0.25, 0.3) is 0 Å². The first-order valence-electron chi connectivity index (χ1n) is 8.39. The van der Waals surface area contributed by atoms with Gasteiger partial charge in [-0.05, 0) is 56.5 Å². The van der Waals surface area contributed by atoms with Crippen LogP contribution in [-0.4, -0.2) is 43.8 Å². The molecule has 0 aromatic heterocycles. The lowest BCUT2D eigenvalue weighted by Crippen LogP contribution is -2.31. The van der Waals surface area contributed by atoms with Crippen LogP contribution in [-0.2, 0) is 4.79 Å². The molecule has 134 valence electrons. The number of aryl methyl sites for hydroxylation is 1. The highest BCUT2D eigenvalue weighted by Gasteiger charge is 2.09. The number of para-hydroxylation sites is 1. The van der Waals surface area contributed by atoms with E-state index in [-0.39, 0.29) is 5.91 Å². The van der Waals surface area contributed by atoms with Crippen LogP contribution in [0.1, 0.15) is 12.0 Å². The van der Waals surface area contributed by atoms with Gasteiger partial charge in [0, 0.05) is 11.4 Å². The maximum absolute atomic E-state index is 12.2. The van der Waals surface area contributed by atoms with Crippen LogP contribution < -0.4 is 10.1 Å². The van der Waals surface area contributed by atoms with E-state index in [1.165, 1.54) is 5.56 Å². The molecular weight excluding hydrogens is 332 g/mol. The maximum Gasteiger partial charge on any atom is 0.238 e. The number of carbonyl (C=O) groups is 1. The molecule has 0 radical (unpaired) electrons.